The number of carbonyl (C=O) groups excluding carboxylic acids is 2. The molecule has 0 saturated heterocycles. The quantitative estimate of drug-likeness (QED) is 0.297. The molecule has 3 aromatic rings. The van der Waals surface area contributed by atoms with E-state index in [1.54, 1.807) is 25.1 Å². The molecule has 1 saturated carbocycles. The Labute approximate surface area is 254 Å². The van der Waals surface area contributed by atoms with Gasteiger partial charge in [0.25, 0.3) is 0 Å². The fraction of sp³-hybridized carbons (Fsp3) is 0.394. The van der Waals surface area contributed by atoms with Crippen molar-refractivity contribution in [3.8, 4) is 0 Å². The predicted octanol–water partition coefficient (Wildman–Crippen LogP) is 5.81. The number of nitrogens with zero attached hydrogens (tertiary/aromatic N) is 2. The zero-order valence-corrected chi connectivity index (χ0v) is 26.1. The third kappa shape index (κ3) is 8.35. The maximum atomic E-state index is 14.3. The Balaban J connectivity index is 1.74. The molecule has 0 radical (unpaired) electrons. The summed E-state index contributed by atoms with van der Waals surface area (Å²) in [5, 5.41) is 3.62. The summed E-state index contributed by atoms with van der Waals surface area (Å²) in [6.07, 6.45) is 6.46. The van der Waals surface area contributed by atoms with Crippen molar-refractivity contribution in [3.05, 3.63) is 100 Å². The normalized spacial score (nSPS) is 14.7. The second kappa shape index (κ2) is 14.2. The molecule has 1 aliphatic carbocycles. The van der Waals surface area contributed by atoms with Crippen LogP contribution in [-0.4, -0.2) is 50.0 Å². The number of halogens is 1. The zero-order valence-electron chi connectivity index (χ0n) is 24.6. The second-order valence-electron chi connectivity index (χ2n) is 11.2. The Kier molecular flexibility index (Phi) is 10.7. The number of hydrogen-bond donors (Lipinski definition) is 1. The molecule has 42 heavy (non-hydrogen) atoms. The van der Waals surface area contributed by atoms with Gasteiger partial charge in [-0.1, -0.05) is 97.1 Å². The lowest BCUT2D eigenvalue weighted by atomic mass is 9.94. The van der Waals surface area contributed by atoms with E-state index >= 15 is 0 Å². The Morgan fingerprint density at radius 1 is 0.929 bits per heavy atom. The lowest BCUT2D eigenvalue weighted by Gasteiger charge is -2.35. The number of nitrogens with one attached hydrogen (secondary N) is 1. The summed E-state index contributed by atoms with van der Waals surface area (Å²) in [7, 11) is -3.87. The largest absolute Gasteiger partial charge is 0.352 e. The molecule has 0 spiro atoms. The number of rotatable bonds is 11. The van der Waals surface area contributed by atoms with Crippen molar-refractivity contribution in [1.82, 2.24) is 10.2 Å². The van der Waals surface area contributed by atoms with Crippen molar-refractivity contribution >= 4 is 39.1 Å². The van der Waals surface area contributed by atoms with Crippen LogP contribution in [0.3, 0.4) is 0 Å². The van der Waals surface area contributed by atoms with E-state index in [4.69, 9.17) is 11.6 Å². The van der Waals surface area contributed by atoms with Gasteiger partial charge in [-0.3, -0.25) is 13.9 Å². The van der Waals surface area contributed by atoms with E-state index in [0.29, 0.717) is 22.7 Å². The average molecular weight is 610 g/mol. The fourth-order valence-electron chi connectivity index (χ4n) is 5.57. The fourth-order valence-corrected chi connectivity index (χ4v) is 6.64. The topological polar surface area (TPSA) is 86.8 Å². The van der Waals surface area contributed by atoms with E-state index in [9.17, 15) is 18.0 Å². The van der Waals surface area contributed by atoms with Crippen molar-refractivity contribution in [2.24, 2.45) is 0 Å². The molecule has 0 bridgehead atoms. The minimum absolute atomic E-state index is 0.0575. The maximum Gasteiger partial charge on any atom is 0.244 e. The molecule has 3 aromatic carbocycles. The van der Waals surface area contributed by atoms with Crippen molar-refractivity contribution in [2.45, 2.75) is 71.0 Å². The van der Waals surface area contributed by atoms with Gasteiger partial charge < -0.3 is 10.2 Å². The van der Waals surface area contributed by atoms with Crippen LogP contribution in [0.25, 0.3) is 0 Å². The lowest BCUT2D eigenvalue weighted by molar-refractivity contribution is -0.140. The summed E-state index contributed by atoms with van der Waals surface area (Å²) in [4.78, 5) is 29.8. The third-order valence-corrected chi connectivity index (χ3v) is 9.38. The Morgan fingerprint density at radius 2 is 1.60 bits per heavy atom. The smallest absolute Gasteiger partial charge is 0.244 e. The van der Waals surface area contributed by atoms with E-state index in [1.807, 2.05) is 61.5 Å². The molecule has 9 heteroatoms. The molecule has 0 aliphatic heterocycles. The standard InChI is InChI=1S/C33H40ClN3O4S/c1-24-12-10-15-27(20-24)22-36(32(38)23-37(42(3,40)41)30-19-11-18-29(34)25(30)2)31(21-26-13-6-4-7-14-26)33(39)35-28-16-8-5-9-17-28/h4,6-7,10-15,18-20,28,31H,5,8-9,16-17,21-23H2,1-3H3,(H,35,39). The van der Waals surface area contributed by atoms with Gasteiger partial charge in [-0.05, 0) is 55.5 Å². The Bertz CT molecular complexity index is 1490. The van der Waals surface area contributed by atoms with Gasteiger partial charge in [0.1, 0.15) is 12.6 Å². The van der Waals surface area contributed by atoms with Crippen LogP contribution in [0, 0.1) is 13.8 Å². The maximum absolute atomic E-state index is 14.3. The van der Waals surface area contributed by atoms with Crippen LogP contribution in [0.1, 0.15) is 54.4 Å². The molecular formula is C33H40ClN3O4S. The number of carbonyl (C=O) groups is 2. The molecule has 224 valence electrons. The average Bonchev–Trinajstić information content (AvgIpc) is 2.95. The van der Waals surface area contributed by atoms with E-state index in [1.165, 1.54) is 4.90 Å². The molecule has 4 rings (SSSR count). The van der Waals surface area contributed by atoms with E-state index in [2.05, 4.69) is 5.32 Å². The van der Waals surface area contributed by atoms with Crippen molar-refractivity contribution in [3.63, 3.8) is 0 Å². The number of amides is 2. The van der Waals surface area contributed by atoms with Gasteiger partial charge in [-0.15, -0.1) is 0 Å². The van der Waals surface area contributed by atoms with Gasteiger partial charge in [0.05, 0.1) is 11.9 Å². The van der Waals surface area contributed by atoms with Crippen LogP contribution in [0.5, 0.6) is 0 Å². The SMILES string of the molecule is Cc1cccc(CN(C(=O)CN(c2cccc(Cl)c2C)S(C)(=O)=O)C(Cc2ccccc2)C(=O)NC2CCCCC2)c1. The highest BCUT2D eigenvalue weighted by Crippen LogP contribution is 2.29. The van der Waals surface area contributed by atoms with Crippen LogP contribution >= 0.6 is 11.6 Å². The first kappa shape index (κ1) is 31.6. The van der Waals surface area contributed by atoms with Crippen molar-refractivity contribution in [2.75, 3.05) is 17.1 Å². The summed E-state index contributed by atoms with van der Waals surface area (Å²) in [6.45, 7) is 3.39. The van der Waals surface area contributed by atoms with Crippen LogP contribution in [0.2, 0.25) is 5.02 Å². The van der Waals surface area contributed by atoms with E-state index in [-0.39, 0.29) is 18.5 Å². The number of hydrogen-bond acceptors (Lipinski definition) is 4. The van der Waals surface area contributed by atoms with Gasteiger partial charge in [-0.2, -0.15) is 0 Å². The van der Waals surface area contributed by atoms with Crippen molar-refractivity contribution < 1.29 is 18.0 Å². The molecule has 1 N–H and O–H groups in total. The third-order valence-electron chi connectivity index (χ3n) is 7.85. The molecular weight excluding hydrogens is 570 g/mol. The van der Waals surface area contributed by atoms with Gasteiger partial charge in [0, 0.05) is 24.0 Å². The van der Waals surface area contributed by atoms with Crippen LogP contribution < -0.4 is 9.62 Å². The monoisotopic (exact) mass is 609 g/mol. The number of aryl methyl sites for hydroxylation is 1. The first-order valence-corrected chi connectivity index (χ1v) is 16.7. The highest BCUT2D eigenvalue weighted by Gasteiger charge is 2.34. The molecule has 2 amide bonds. The van der Waals surface area contributed by atoms with Crippen LogP contribution in [0.15, 0.2) is 72.8 Å². The molecule has 7 nitrogen and oxygen atoms in total. The van der Waals surface area contributed by atoms with Crippen LogP contribution in [0.4, 0.5) is 5.69 Å². The van der Waals surface area contributed by atoms with Gasteiger partial charge in [0.2, 0.25) is 21.8 Å². The molecule has 1 atom stereocenters. The second-order valence-corrected chi connectivity index (χ2v) is 13.5. The summed E-state index contributed by atoms with van der Waals surface area (Å²) < 4.78 is 27.2. The molecule has 1 fully saturated rings. The molecule has 1 unspecified atom stereocenters. The number of anilines is 1. The minimum atomic E-state index is -3.87. The molecule has 0 aromatic heterocycles. The van der Waals surface area contributed by atoms with E-state index in [0.717, 1.165) is 59.4 Å². The van der Waals surface area contributed by atoms with Gasteiger partial charge in [0.15, 0.2) is 0 Å². The summed E-state index contributed by atoms with van der Waals surface area (Å²) >= 11 is 6.33. The molecule has 0 heterocycles. The summed E-state index contributed by atoms with van der Waals surface area (Å²) in [5.74, 6) is -0.697. The summed E-state index contributed by atoms with van der Waals surface area (Å²) in [5.41, 5.74) is 3.68. The number of benzene rings is 3. The van der Waals surface area contributed by atoms with Gasteiger partial charge in [-0.25, -0.2) is 8.42 Å². The minimum Gasteiger partial charge on any atom is -0.352 e. The predicted molar refractivity (Wildman–Crippen MR) is 169 cm³/mol. The van der Waals surface area contributed by atoms with Crippen molar-refractivity contribution in [1.29, 1.82) is 0 Å². The number of sulfonamides is 1. The van der Waals surface area contributed by atoms with E-state index < -0.39 is 28.5 Å². The zero-order chi connectivity index (χ0) is 30.3. The highest BCUT2D eigenvalue weighted by atomic mass is 35.5. The first-order chi connectivity index (χ1) is 20.0. The van der Waals surface area contributed by atoms with Crippen LogP contribution in [-0.2, 0) is 32.6 Å². The highest BCUT2D eigenvalue weighted by molar-refractivity contribution is 7.92. The Hall–Kier alpha value is -3.36. The summed E-state index contributed by atoms with van der Waals surface area (Å²) in [6, 6.07) is 21.6. The lowest BCUT2D eigenvalue weighted by Crippen LogP contribution is -2.55. The Morgan fingerprint density at radius 3 is 2.26 bits per heavy atom. The first-order valence-electron chi connectivity index (χ1n) is 14.4. The van der Waals surface area contributed by atoms with Gasteiger partial charge >= 0.3 is 0 Å². The molecule has 1 aliphatic rings.